The van der Waals surface area contributed by atoms with Gasteiger partial charge >= 0.3 is 5.97 Å². The van der Waals surface area contributed by atoms with Gasteiger partial charge in [-0.25, -0.2) is 9.78 Å². The predicted octanol–water partition coefficient (Wildman–Crippen LogP) is -0.762. The van der Waals surface area contributed by atoms with Crippen LogP contribution in [0.5, 0.6) is 6.01 Å². The summed E-state index contributed by atoms with van der Waals surface area (Å²) in [7, 11) is 2.56. The van der Waals surface area contributed by atoms with E-state index in [1.807, 2.05) is 0 Å². The first kappa shape index (κ1) is 15.7. The number of carbonyl (C=O) groups is 2. The third kappa shape index (κ3) is 3.81. The van der Waals surface area contributed by atoms with Gasteiger partial charge < -0.3 is 14.8 Å². The lowest BCUT2D eigenvalue weighted by atomic mass is 10.3. The fourth-order valence-electron chi connectivity index (χ4n) is 1.67. The zero-order valence-corrected chi connectivity index (χ0v) is 11.8. The van der Waals surface area contributed by atoms with E-state index in [0.29, 0.717) is 5.69 Å². The Kier molecular flexibility index (Phi) is 5.24. The maximum atomic E-state index is 11.9. The molecule has 1 aromatic rings. The Morgan fingerprint density at radius 3 is 2.60 bits per heavy atom. The molecule has 1 atom stereocenters. The van der Waals surface area contributed by atoms with Crippen LogP contribution in [0.15, 0.2) is 10.9 Å². The highest BCUT2D eigenvalue weighted by molar-refractivity contribution is 5.83. The summed E-state index contributed by atoms with van der Waals surface area (Å²) in [6, 6.07) is 0.382. The van der Waals surface area contributed by atoms with E-state index in [4.69, 9.17) is 4.74 Å². The van der Waals surface area contributed by atoms with Crippen LogP contribution >= 0.6 is 0 Å². The molecule has 110 valence electrons. The van der Waals surface area contributed by atoms with Crippen molar-refractivity contribution in [1.29, 1.82) is 0 Å². The highest BCUT2D eigenvalue weighted by Gasteiger charge is 2.23. The van der Waals surface area contributed by atoms with Crippen LogP contribution in [0.2, 0.25) is 0 Å². The van der Waals surface area contributed by atoms with E-state index in [1.54, 1.807) is 6.92 Å². The van der Waals surface area contributed by atoms with Gasteiger partial charge in [0, 0.05) is 18.7 Å². The predicted molar refractivity (Wildman–Crippen MR) is 69.4 cm³/mol. The highest BCUT2D eigenvalue weighted by atomic mass is 16.5. The number of aromatic nitrogens is 2. The molecule has 0 spiro atoms. The second-order valence-electron chi connectivity index (χ2n) is 4.11. The van der Waals surface area contributed by atoms with Crippen molar-refractivity contribution in [1.82, 2.24) is 14.9 Å². The zero-order chi connectivity index (χ0) is 15.3. The lowest BCUT2D eigenvalue weighted by molar-refractivity contribution is -0.145. The number of aryl methyl sites for hydroxylation is 1. The van der Waals surface area contributed by atoms with Crippen LogP contribution in [0.3, 0.4) is 0 Å². The Morgan fingerprint density at radius 1 is 1.45 bits per heavy atom. The molecule has 0 saturated heterocycles. The molecule has 8 nitrogen and oxygen atoms in total. The molecule has 1 amide bonds. The van der Waals surface area contributed by atoms with Gasteiger partial charge in [-0.3, -0.25) is 14.2 Å². The molecule has 0 fully saturated rings. The first-order valence-corrected chi connectivity index (χ1v) is 5.86. The number of rotatable bonds is 5. The minimum Gasteiger partial charge on any atom is -0.468 e. The monoisotopic (exact) mass is 283 g/mol. The smallest absolute Gasteiger partial charge is 0.330 e. The molecule has 0 aliphatic rings. The lowest BCUT2D eigenvalue weighted by Crippen LogP contribution is -2.45. The standard InChI is InChI=1S/C12H17N3O5/c1-7-5-10(17)15(12(13-7)20-4)6-9(11(18)19-3)14-8(2)16/h5,9H,6H2,1-4H3,(H,14,16). The average Bonchev–Trinajstić information content (AvgIpc) is 2.38. The van der Waals surface area contributed by atoms with Crippen LogP contribution in [0.1, 0.15) is 12.6 Å². The summed E-state index contributed by atoms with van der Waals surface area (Å²) in [5, 5.41) is 2.42. The summed E-state index contributed by atoms with van der Waals surface area (Å²) in [6.07, 6.45) is 0. The summed E-state index contributed by atoms with van der Waals surface area (Å²) < 4.78 is 10.8. The molecule has 1 rings (SSSR count). The van der Waals surface area contributed by atoms with Gasteiger partial charge in [0.15, 0.2) is 0 Å². The molecule has 1 N–H and O–H groups in total. The van der Waals surface area contributed by atoms with Gasteiger partial charge in [-0.1, -0.05) is 0 Å². The Balaban J connectivity index is 3.13. The fourth-order valence-corrected chi connectivity index (χ4v) is 1.67. The number of carbonyl (C=O) groups excluding carboxylic acids is 2. The molecule has 0 aliphatic carbocycles. The van der Waals surface area contributed by atoms with Crippen molar-refractivity contribution in [3.63, 3.8) is 0 Å². The summed E-state index contributed by atoms with van der Waals surface area (Å²) in [6.45, 7) is 2.80. The fraction of sp³-hybridized carbons (Fsp3) is 0.500. The first-order chi connectivity index (χ1) is 9.38. The van der Waals surface area contributed by atoms with Crippen LogP contribution in [-0.4, -0.2) is 41.7 Å². The largest absolute Gasteiger partial charge is 0.468 e. The van der Waals surface area contributed by atoms with Crippen molar-refractivity contribution in [2.75, 3.05) is 14.2 Å². The molecular formula is C12H17N3O5. The number of nitrogens with one attached hydrogen (secondary N) is 1. The van der Waals surface area contributed by atoms with Crippen molar-refractivity contribution in [2.24, 2.45) is 0 Å². The normalized spacial score (nSPS) is 11.6. The SMILES string of the molecule is COC(=O)C(Cn1c(OC)nc(C)cc1=O)NC(C)=O. The van der Waals surface area contributed by atoms with Gasteiger partial charge in [-0.2, -0.15) is 0 Å². The molecule has 0 aliphatic heterocycles. The Morgan fingerprint density at radius 2 is 2.10 bits per heavy atom. The van der Waals surface area contributed by atoms with Crippen molar-refractivity contribution in [3.05, 3.63) is 22.1 Å². The number of methoxy groups -OCH3 is 2. The quantitative estimate of drug-likeness (QED) is 0.713. The van der Waals surface area contributed by atoms with Crippen molar-refractivity contribution in [3.8, 4) is 6.01 Å². The summed E-state index contributed by atoms with van der Waals surface area (Å²) >= 11 is 0. The number of esters is 1. The molecule has 0 radical (unpaired) electrons. The molecule has 1 aromatic heterocycles. The topological polar surface area (TPSA) is 99.5 Å². The van der Waals surface area contributed by atoms with Gasteiger partial charge in [-0.15, -0.1) is 0 Å². The average molecular weight is 283 g/mol. The Labute approximate surface area is 115 Å². The lowest BCUT2D eigenvalue weighted by Gasteiger charge is -2.18. The molecule has 0 saturated carbocycles. The molecule has 8 heteroatoms. The molecule has 0 aromatic carbocycles. The Bertz CT molecular complexity index is 567. The second-order valence-corrected chi connectivity index (χ2v) is 4.11. The molecular weight excluding hydrogens is 266 g/mol. The number of hydrogen-bond acceptors (Lipinski definition) is 6. The van der Waals surface area contributed by atoms with E-state index in [-0.39, 0.29) is 18.1 Å². The minimum absolute atomic E-state index is 0.0641. The molecule has 0 bridgehead atoms. The first-order valence-electron chi connectivity index (χ1n) is 5.86. The van der Waals surface area contributed by atoms with E-state index in [0.717, 1.165) is 4.57 Å². The molecule has 1 unspecified atom stereocenters. The van der Waals surface area contributed by atoms with Crippen LogP contribution in [-0.2, 0) is 20.9 Å². The maximum Gasteiger partial charge on any atom is 0.330 e. The van der Waals surface area contributed by atoms with Crippen molar-refractivity contribution >= 4 is 11.9 Å². The van der Waals surface area contributed by atoms with E-state index < -0.39 is 17.9 Å². The van der Waals surface area contributed by atoms with E-state index in [1.165, 1.54) is 27.2 Å². The number of nitrogens with zero attached hydrogens (tertiary/aromatic N) is 2. The van der Waals surface area contributed by atoms with Gasteiger partial charge in [0.05, 0.1) is 20.8 Å². The summed E-state index contributed by atoms with van der Waals surface area (Å²) in [4.78, 5) is 38.7. The summed E-state index contributed by atoms with van der Waals surface area (Å²) in [5.74, 6) is -1.07. The van der Waals surface area contributed by atoms with Gasteiger partial charge in [0.1, 0.15) is 6.04 Å². The van der Waals surface area contributed by atoms with E-state index in [9.17, 15) is 14.4 Å². The zero-order valence-electron chi connectivity index (χ0n) is 11.8. The molecule has 1 heterocycles. The maximum absolute atomic E-state index is 11.9. The van der Waals surface area contributed by atoms with Crippen LogP contribution < -0.4 is 15.6 Å². The van der Waals surface area contributed by atoms with Crippen LogP contribution in [0.4, 0.5) is 0 Å². The van der Waals surface area contributed by atoms with Gasteiger partial charge in [-0.05, 0) is 6.92 Å². The van der Waals surface area contributed by atoms with Crippen molar-refractivity contribution in [2.45, 2.75) is 26.4 Å². The van der Waals surface area contributed by atoms with Crippen LogP contribution in [0.25, 0.3) is 0 Å². The third-order valence-corrected chi connectivity index (χ3v) is 2.51. The highest BCUT2D eigenvalue weighted by Crippen LogP contribution is 2.06. The second kappa shape index (κ2) is 6.69. The summed E-state index contributed by atoms with van der Waals surface area (Å²) in [5.41, 5.74) is 0.117. The van der Waals surface area contributed by atoms with Gasteiger partial charge in [0.2, 0.25) is 5.91 Å². The van der Waals surface area contributed by atoms with Gasteiger partial charge in [0.25, 0.3) is 11.6 Å². The third-order valence-electron chi connectivity index (χ3n) is 2.51. The molecule has 20 heavy (non-hydrogen) atoms. The van der Waals surface area contributed by atoms with E-state index >= 15 is 0 Å². The number of amides is 1. The van der Waals surface area contributed by atoms with Crippen LogP contribution in [0, 0.1) is 6.92 Å². The minimum atomic E-state index is -0.992. The van der Waals surface area contributed by atoms with Crippen molar-refractivity contribution < 1.29 is 19.1 Å². The number of ether oxygens (including phenoxy) is 2. The number of hydrogen-bond donors (Lipinski definition) is 1. The van der Waals surface area contributed by atoms with E-state index in [2.05, 4.69) is 15.0 Å². The Hall–Kier alpha value is -2.38.